The molecular weight excluding hydrogens is 201 g/mol. The molecule has 0 aliphatic heterocycles. The standard InChI is InChI=1S/C8H15GeO2/c1-4-8(9,5-2)7(10)11-6-3/h4-6H2,1-3H3. The number of ether oxygens (including phenoxy) is 1. The van der Waals surface area contributed by atoms with Crippen molar-refractivity contribution in [3.8, 4) is 0 Å². The monoisotopic (exact) mass is 217 g/mol. The summed E-state index contributed by atoms with van der Waals surface area (Å²) in [6, 6.07) is 0. The summed E-state index contributed by atoms with van der Waals surface area (Å²) in [5.41, 5.74) is 0. The summed E-state index contributed by atoms with van der Waals surface area (Å²) in [6.45, 7) is 6.35. The van der Waals surface area contributed by atoms with Gasteiger partial charge >= 0.3 is 76.5 Å². The predicted octanol–water partition coefficient (Wildman–Crippen LogP) is 1.70. The van der Waals surface area contributed by atoms with E-state index in [0.29, 0.717) is 6.61 Å². The van der Waals surface area contributed by atoms with Crippen LogP contribution in [0.5, 0.6) is 0 Å². The van der Waals surface area contributed by atoms with E-state index in [9.17, 15) is 4.79 Å². The number of carbonyl (C=O) groups excluding carboxylic acids is 1. The van der Waals surface area contributed by atoms with E-state index in [1.54, 1.807) is 0 Å². The Morgan fingerprint density at radius 2 is 1.82 bits per heavy atom. The van der Waals surface area contributed by atoms with Gasteiger partial charge in [-0.15, -0.1) is 0 Å². The third kappa shape index (κ3) is 2.85. The first kappa shape index (κ1) is 11.0. The van der Waals surface area contributed by atoms with Crippen LogP contribution in [0.2, 0.25) is 4.25 Å². The molecule has 0 spiro atoms. The molecule has 0 amide bonds. The van der Waals surface area contributed by atoms with Crippen LogP contribution in [-0.2, 0) is 9.53 Å². The molecular formula is C8H15GeO2. The molecule has 0 aliphatic carbocycles. The van der Waals surface area contributed by atoms with Crippen molar-refractivity contribution < 1.29 is 9.53 Å². The Labute approximate surface area is 76.9 Å². The van der Waals surface area contributed by atoms with Crippen LogP contribution in [0.4, 0.5) is 0 Å². The maximum atomic E-state index is 11.3. The number of carbonyl (C=O) groups is 1. The van der Waals surface area contributed by atoms with E-state index in [-0.39, 0.29) is 10.2 Å². The van der Waals surface area contributed by atoms with Crippen LogP contribution in [0.3, 0.4) is 0 Å². The van der Waals surface area contributed by atoms with Crippen molar-refractivity contribution >= 4 is 22.5 Å². The Morgan fingerprint density at radius 1 is 1.36 bits per heavy atom. The average molecular weight is 216 g/mol. The summed E-state index contributed by atoms with van der Waals surface area (Å²) < 4.78 is 4.68. The molecule has 3 radical (unpaired) electrons. The maximum absolute atomic E-state index is 11.3. The molecule has 0 rings (SSSR count). The molecule has 0 N–H and O–H groups in total. The summed E-state index contributed by atoms with van der Waals surface area (Å²) in [5.74, 6) is -0.0648. The van der Waals surface area contributed by atoms with Gasteiger partial charge in [0.05, 0.1) is 0 Å². The Kier molecular flexibility index (Phi) is 4.81. The Balaban J connectivity index is 4.12. The summed E-state index contributed by atoms with van der Waals surface area (Å²) >= 11 is 1.95. The van der Waals surface area contributed by atoms with Crippen molar-refractivity contribution in [3.63, 3.8) is 0 Å². The fourth-order valence-electron chi connectivity index (χ4n) is 0.808. The van der Waals surface area contributed by atoms with E-state index < -0.39 is 0 Å². The van der Waals surface area contributed by atoms with E-state index in [0.717, 1.165) is 12.8 Å². The fourth-order valence-corrected chi connectivity index (χ4v) is 0.959. The van der Waals surface area contributed by atoms with Crippen LogP contribution in [0.1, 0.15) is 33.6 Å². The van der Waals surface area contributed by atoms with Crippen LogP contribution < -0.4 is 0 Å². The van der Waals surface area contributed by atoms with Crippen LogP contribution in [0.25, 0.3) is 0 Å². The molecule has 0 atom stereocenters. The van der Waals surface area contributed by atoms with Crippen LogP contribution in [-0.4, -0.2) is 29.1 Å². The third-order valence-corrected chi connectivity index (χ3v) is 3.79. The molecule has 11 heavy (non-hydrogen) atoms. The van der Waals surface area contributed by atoms with Gasteiger partial charge in [-0.05, 0) is 0 Å². The van der Waals surface area contributed by atoms with E-state index in [2.05, 4.69) is 0 Å². The summed E-state index contributed by atoms with van der Waals surface area (Å²) in [7, 11) is 0. The van der Waals surface area contributed by atoms with E-state index in [4.69, 9.17) is 4.74 Å². The van der Waals surface area contributed by atoms with E-state index in [1.807, 2.05) is 37.3 Å². The van der Waals surface area contributed by atoms with Gasteiger partial charge in [-0.3, -0.25) is 0 Å². The summed E-state index contributed by atoms with van der Waals surface area (Å²) in [4.78, 5) is 11.3. The van der Waals surface area contributed by atoms with Gasteiger partial charge in [-0.1, -0.05) is 0 Å². The summed E-state index contributed by atoms with van der Waals surface area (Å²) in [6.07, 6.45) is 1.70. The number of rotatable bonds is 4. The van der Waals surface area contributed by atoms with Gasteiger partial charge in [0.1, 0.15) is 0 Å². The zero-order valence-electron chi connectivity index (χ0n) is 7.44. The van der Waals surface area contributed by atoms with E-state index in [1.165, 1.54) is 0 Å². The normalized spacial score (nSPS) is 11.3. The van der Waals surface area contributed by atoms with Gasteiger partial charge in [0, 0.05) is 0 Å². The van der Waals surface area contributed by atoms with Crippen LogP contribution in [0, 0.1) is 0 Å². The van der Waals surface area contributed by atoms with Gasteiger partial charge in [-0.2, -0.15) is 0 Å². The number of hydrogen-bond acceptors (Lipinski definition) is 2. The Bertz CT molecular complexity index is 130. The molecule has 0 bridgehead atoms. The first-order valence-corrected chi connectivity index (χ1v) is 5.07. The van der Waals surface area contributed by atoms with Crippen molar-refractivity contribution in [2.75, 3.05) is 6.61 Å². The minimum atomic E-state index is -0.268. The molecule has 63 valence electrons. The third-order valence-electron chi connectivity index (χ3n) is 1.87. The molecule has 0 aromatic carbocycles. The molecule has 0 heterocycles. The minimum absolute atomic E-state index is 0.0648. The Hall–Kier alpha value is 0.0129. The summed E-state index contributed by atoms with van der Waals surface area (Å²) in [5, 5.41) is 0. The Morgan fingerprint density at radius 3 is 2.09 bits per heavy atom. The molecule has 3 heteroatoms. The van der Waals surface area contributed by atoms with Crippen molar-refractivity contribution in [2.45, 2.75) is 37.9 Å². The van der Waals surface area contributed by atoms with Crippen LogP contribution >= 0.6 is 0 Å². The molecule has 0 saturated heterocycles. The molecule has 0 unspecified atom stereocenters. The molecule has 0 saturated carbocycles. The fraction of sp³-hybridized carbons (Fsp3) is 0.875. The molecule has 2 nitrogen and oxygen atoms in total. The molecule has 0 aromatic heterocycles. The van der Waals surface area contributed by atoms with Crippen molar-refractivity contribution in [1.82, 2.24) is 0 Å². The van der Waals surface area contributed by atoms with E-state index >= 15 is 0 Å². The second-order valence-electron chi connectivity index (χ2n) is 2.51. The van der Waals surface area contributed by atoms with Crippen molar-refractivity contribution in [2.24, 2.45) is 0 Å². The number of hydrogen-bond donors (Lipinski definition) is 0. The second kappa shape index (κ2) is 4.80. The first-order chi connectivity index (χ1) is 5.10. The van der Waals surface area contributed by atoms with Gasteiger partial charge in [0.15, 0.2) is 0 Å². The quantitative estimate of drug-likeness (QED) is 0.527. The first-order valence-electron chi connectivity index (χ1n) is 4.03. The van der Waals surface area contributed by atoms with Gasteiger partial charge in [-0.25, -0.2) is 0 Å². The van der Waals surface area contributed by atoms with Crippen LogP contribution in [0.15, 0.2) is 0 Å². The predicted molar refractivity (Wildman–Crippen MR) is 45.7 cm³/mol. The van der Waals surface area contributed by atoms with Gasteiger partial charge in [0.2, 0.25) is 0 Å². The SMILES string of the molecule is CCOC(=O)[C]([Ge])(CC)CC. The van der Waals surface area contributed by atoms with Crippen molar-refractivity contribution in [3.05, 3.63) is 0 Å². The zero-order valence-corrected chi connectivity index (χ0v) is 9.54. The molecule has 0 aliphatic rings. The second-order valence-corrected chi connectivity index (χ2v) is 4.52. The van der Waals surface area contributed by atoms with Gasteiger partial charge in [0.25, 0.3) is 0 Å². The van der Waals surface area contributed by atoms with Crippen molar-refractivity contribution in [1.29, 1.82) is 0 Å². The number of esters is 1. The molecule has 0 fully saturated rings. The topological polar surface area (TPSA) is 26.3 Å². The molecule has 0 aromatic rings. The van der Waals surface area contributed by atoms with Gasteiger partial charge < -0.3 is 0 Å². The zero-order chi connectivity index (χ0) is 8.91. The average Bonchev–Trinajstić information content (AvgIpc) is 2.03.